The molecule has 0 unspecified atom stereocenters. The van der Waals surface area contributed by atoms with Gasteiger partial charge in [0.25, 0.3) is 5.89 Å². The van der Waals surface area contributed by atoms with E-state index in [1.807, 2.05) is 84.5 Å². The molecule has 0 aliphatic heterocycles. The van der Waals surface area contributed by atoms with Crippen molar-refractivity contribution < 1.29 is 9.26 Å². The van der Waals surface area contributed by atoms with Crippen molar-refractivity contribution in [3.8, 4) is 34.3 Å². The molecule has 4 aromatic rings. The van der Waals surface area contributed by atoms with Gasteiger partial charge < -0.3 is 13.8 Å². The minimum atomic E-state index is 0.452. The Bertz CT molecular complexity index is 957. The van der Waals surface area contributed by atoms with Gasteiger partial charge in [0, 0.05) is 23.6 Å². The van der Waals surface area contributed by atoms with E-state index in [9.17, 15) is 0 Å². The normalized spacial score (nSPS) is 10.8. The van der Waals surface area contributed by atoms with Crippen LogP contribution >= 0.6 is 0 Å². The van der Waals surface area contributed by atoms with Crippen molar-refractivity contribution >= 4 is 0 Å². The van der Waals surface area contributed by atoms with Gasteiger partial charge in [-0.2, -0.15) is 4.98 Å². The molecule has 0 radical (unpaired) electrons. The Balaban J connectivity index is 1.63. The first-order valence-electron chi connectivity index (χ1n) is 8.15. The quantitative estimate of drug-likeness (QED) is 0.536. The number of rotatable bonds is 5. The summed E-state index contributed by atoms with van der Waals surface area (Å²) >= 11 is 0. The van der Waals surface area contributed by atoms with Gasteiger partial charge in [0.05, 0.1) is 12.2 Å². The maximum absolute atomic E-state index is 5.63. The first-order chi connectivity index (χ1) is 12.3. The Hall–Kier alpha value is -3.34. The molecule has 5 heteroatoms. The van der Waals surface area contributed by atoms with Gasteiger partial charge in [0.1, 0.15) is 5.75 Å². The number of nitrogens with zero attached hydrogens (tertiary/aromatic N) is 3. The summed E-state index contributed by atoms with van der Waals surface area (Å²) in [4.78, 5) is 4.52. The van der Waals surface area contributed by atoms with E-state index in [1.165, 1.54) is 0 Å². The molecule has 2 heterocycles. The lowest BCUT2D eigenvalue weighted by Gasteiger charge is -2.05. The number of ether oxygens (including phenoxy) is 1. The molecule has 0 amide bonds. The monoisotopic (exact) mass is 331 g/mol. The molecular formula is C20H17N3O2. The Morgan fingerprint density at radius 3 is 2.48 bits per heavy atom. The van der Waals surface area contributed by atoms with Crippen molar-refractivity contribution in [2.45, 2.75) is 6.92 Å². The van der Waals surface area contributed by atoms with E-state index < -0.39 is 0 Å². The van der Waals surface area contributed by atoms with Crippen LogP contribution in [-0.2, 0) is 0 Å². The molecule has 2 aromatic heterocycles. The summed E-state index contributed by atoms with van der Waals surface area (Å²) < 4.78 is 13.1. The molecule has 0 saturated heterocycles. The fourth-order valence-corrected chi connectivity index (χ4v) is 2.66. The van der Waals surface area contributed by atoms with E-state index in [4.69, 9.17) is 9.26 Å². The van der Waals surface area contributed by atoms with E-state index in [0.717, 1.165) is 22.6 Å². The average Bonchev–Trinajstić information content (AvgIpc) is 3.35. The van der Waals surface area contributed by atoms with Crippen molar-refractivity contribution in [2.24, 2.45) is 0 Å². The van der Waals surface area contributed by atoms with Crippen LogP contribution in [0.1, 0.15) is 6.92 Å². The zero-order valence-electron chi connectivity index (χ0n) is 13.8. The maximum Gasteiger partial charge on any atom is 0.262 e. The molecule has 0 N–H and O–H groups in total. The second-order valence-corrected chi connectivity index (χ2v) is 5.49. The fourth-order valence-electron chi connectivity index (χ4n) is 2.66. The highest BCUT2D eigenvalue weighted by Crippen LogP contribution is 2.30. The van der Waals surface area contributed by atoms with Crippen molar-refractivity contribution in [3.05, 3.63) is 73.1 Å². The Kier molecular flexibility index (Phi) is 4.04. The van der Waals surface area contributed by atoms with E-state index in [2.05, 4.69) is 10.1 Å². The second-order valence-electron chi connectivity index (χ2n) is 5.49. The SMILES string of the molecule is CCOc1ccccc1-c1nc(-c2ccc(-n3cccc3)cc2)no1. The van der Waals surface area contributed by atoms with Gasteiger partial charge in [0.2, 0.25) is 5.82 Å². The third-order valence-corrected chi connectivity index (χ3v) is 3.87. The van der Waals surface area contributed by atoms with Crippen LogP contribution in [0.5, 0.6) is 5.75 Å². The molecule has 0 fully saturated rings. The summed E-state index contributed by atoms with van der Waals surface area (Å²) in [6.45, 7) is 2.53. The first-order valence-corrected chi connectivity index (χ1v) is 8.15. The maximum atomic E-state index is 5.63. The molecule has 124 valence electrons. The molecule has 2 aromatic carbocycles. The van der Waals surface area contributed by atoms with Crippen molar-refractivity contribution in [1.29, 1.82) is 0 Å². The van der Waals surface area contributed by atoms with Crippen LogP contribution in [0.3, 0.4) is 0 Å². The third kappa shape index (κ3) is 3.04. The Labute approximate surface area is 145 Å². The number of hydrogen-bond acceptors (Lipinski definition) is 4. The summed E-state index contributed by atoms with van der Waals surface area (Å²) in [5, 5.41) is 4.11. The zero-order valence-corrected chi connectivity index (χ0v) is 13.8. The molecule has 25 heavy (non-hydrogen) atoms. The summed E-state index contributed by atoms with van der Waals surface area (Å²) in [5.41, 5.74) is 2.78. The predicted molar refractivity (Wildman–Crippen MR) is 95.7 cm³/mol. The lowest BCUT2D eigenvalue weighted by Crippen LogP contribution is -1.93. The van der Waals surface area contributed by atoms with Crippen molar-refractivity contribution in [1.82, 2.24) is 14.7 Å². The van der Waals surface area contributed by atoms with Crippen LogP contribution in [0.4, 0.5) is 0 Å². The van der Waals surface area contributed by atoms with Gasteiger partial charge in [-0.25, -0.2) is 0 Å². The van der Waals surface area contributed by atoms with Crippen LogP contribution in [0.15, 0.2) is 77.6 Å². The van der Waals surface area contributed by atoms with Crippen LogP contribution in [0.2, 0.25) is 0 Å². The first kappa shape index (κ1) is 15.2. The summed E-state index contributed by atoms with van der Waals surface area (Å²) in [6.07, 6.45) is 4.01. The number of para-hydroxylation sites is 1. The van der Waals surface area contributed by atoms with Gasteiger partial charge in [0.15, 0.2) is 0 Å². The molecular weight excluding hydrogens is 314 g/mol. The molecule has 0 aliphatic rings. The van der Waals surface area contributed by atoms with Crippen molar-refractivity contribution in [3.63, 3.8) is 0 Å². The van der Waals surface area contributed by atoms with Gasteiger partial charge >= 0.3 is 0 Å². The third-order valence-electron chi connectivity index (χ3n) is 3.87. The molecule has 0 atom stereocenters. The largest absolute Gasteiger partial charge is 0.493 e. The van der Waals surface area contributed by atoms with Gasteiger partial charge in [-0.05, 0) is 55.5 Å². The fraction of sp³-hybridized carbons (Fsp3) is 0.100. The Morgan fingerprint density at radius 2 is 1.72 bits per heavy atom. The number of hydrogen-bond donors (Lipinski definition) is 0. The summed E-state index contributed by atoms with van der Waals surface area (Å²) in [6, 6.07) is 19.7. The Morgan fingerprint density at radius 1 is 0.960 bits per heavy atom. The van der Waals surface area contributed by atoms with Crippen LogP contribution < -0.4 is 4.74 Å². The molecule has 0 aliphatic carbocycles. The minimum absolute atomic E-state index is 0.452. The predicted octanol–water partition coefficient (Wildman–Crippen LogP) is 4.59. The highest BCUT2D eigenvalue weighted by Gasteiger charge is 2.14. The number of aromatic nitrogens is 3. The lowest BCUT2D eigenvalue weighted by molar-refractivity contribution is 0.339. The molecule has 4 rings (SSSR count). The molecule has 0 spiro atoms. The standard InChI is InChI=1S/C20H17N3O2/c1-2-24-18-8-4-3-7-17(18)20-21-19(22-25-20)15-9-11-16(12-10-15)23-13-5-6-14-23/h3-14H,2H2,1H3. The van der Waals surface area contributed by atoms with Gasteiger partial charge in [-0.15, -0.1) is 0 Å². The summed E-state index contributed by atoms with van der Waals surface area (Å²) in [5.74, 6) is 1.75. The zero-order chi connectivity index (χ0) is 17.1. The summed E-state index contributed by atoms with van der Waals surface area (Å²) in [7, 11) is 0. The van der Waals surface area contributed by atoms with E-state index in [-0.39, 0.29) is 0 Å². The van der Waals surface area contributed by atoms with Crippen molar-refractivity contribution in [2.75, 3.05) is 6.61 Å². The lowest BCUT2D eigenvalue weighted by atomic mass is 10.2. The van der Waals surface area contributed by atoms with Crippen LogP contribution in [-0.4, -0.2) is 21.3 Å². The van der Waals surface area contributed by atoms with Gasteiger partial charge in [-0.1, -0.05) is 17.3 Å². The highest BCUT2D eigenvalue weighted by molar-refractivity contribution is 5.65. The van der Waals surface area contributed by atoms with E-state index in [0.29, 0.717) is 18.3 Å². The number of benzene rings is 2. The highest BCUT2D eigenvalue weighted by atomic mass is 16.5. The minimum Gasteiger partial charge on any atom is -0.493 e. The molecule has 0 bridgehead atoms. The van der Waals surface area contributed by atoms with Gasteiger partial charge in [-0.3, -0.25) is 0 Å². The van der Waals surface area contributed by atoms with E-state index >= 15 is 0 Å². The molecule has 0 saturated carbocycles. The molecule has 5 nitrogen and oxygen atoms in total. The van der Waals surface area contributed by atoms with Crippen LogP contribution in [0, 0.1) is 0 Å². The van der Waals surface area contributed by atoms with Crippen LogP contribution in [0.25, 0.3) is 28.5 Å². The van der Waals surface area contributed by atoms with E-state index in [1.54, 1.807) is 0 Å². The second kappa shape index (κ2) is 6.65. The smallest absolute Gasteiger partial charge is 0.262 e. The average molecular weight is 331 g/mol. The topological polar surface area (TPSA) is 53.1 Å².